The molecule has 90 valence electrons. The molecule has 0 aliphatic rings. The molecule has 0 saturated heterocycles. The highest BCUT2D eigenvalue weighted by molar-refractivity contribution is 7.98. The van der Waals surface area contributed by atoms with E-state index in [1.54, 1.807) is 18.7 Å². The maximum Gasteiger partial charge on any atom is 0.132 e. The van der Waals surface area contributed by atoms with Crippen LogP contribution >= 0.6 is 11.8 Å². The Labute approximate surface area is 102 Å². The Kier molecular flexibility index (Phi) is 4.69. The molecule has 0 radical (unpaired) electrons. The number of benzene rings is 1. The Morgan fingerprint density at radius 2 is 2.00 bits per heavy atom. The molecule has 3 heteroatoms. The molecule has 0 spiro atoms. The van der Waals surface area contributed by atoms with Crippen molar-refractivity contribution < 1.29 is 9.84 Å². The van der Waals surface area contributed by atoms with Crippen LogP contribution in [0.4, 0.5) is 0 Å². The molecule has 0 amide bonds. The highest BCUT2D eigenvalue weighted by Gasteiger charge is 2.26. The van der Waals surface area contributed by atoms with E-state index < -0.39 is 5.60 Å². The number of aliphatic hydroxyl groups is 1. The molecule has 0 aliphatic heterocycles. The van der Waals surface area contributed by atoms with Crippen LogP contribution in [-0.2, 0) is 0 Å². The van der Waals surface area contributed by atoms with Gasteiger partial charge in [0.05, 0.1) is 5.60 Å². The van der Waals surface area contributed by atoms with Gasteiger partial charge in [-0.15, -0.1) is 11.8 Å². The molecule has 2 nitrogen and oxygen atoms in total. The molecule has 0 bridgehead atoms. The standard InChI is InChI=1S/C13H20O2S/c1-10(2)13(3,14)9-15-11-7-5-6-8-12(11)16-4/h5-8,10,14H,9H2,1-4H3. The molecular weight excluding hydrogens is 220 g/mol. The van der Waals surface area contributed by atoms with Crippen LogP contribution in [0.25, 0.3) is 0 Å². The average Bonchev–Trinajstić information content (AvgIpc) is 2.26. The van der Waals surface area contributed by atoms with Crippen molar-refractivity contribution in [2.75, 3.05) is 12.9 Å². The summed E-state index contributed by atoms with van der Waals surface area (Å²) in [5, 5.41) is 10.1. The lowest BCUT2D eigenvalue weighted by Crippen LogP contribution is -2.37. The first-order valence-electron chi connectivity index (χ1n) is 5.45. The summed E-state index contributed by atoms with van der Waals surface area (Å²) in [5.74, 6) is 1.02. The first-order valence-corrected chi connectivity index (χ1v) is 6.68. The Morgan fingerprint density at radius 3 is 2.56 bits per heavy atom. The number of para-hydroxylation sites is 1. The molecule has 1 atom stereocenters. The maximum absolute atomic E-state index is 10.1. The number of hydrogen-bond donors (Lipinski definition) is 1. The van der Waals surface area contributed by atoms with E-state index in [1.807, 2.05) is 44.4 Å². The second-order valence-corrected chi connectivity index (χ2v) is 5.30. The zero-order valence-electron chi connectivity index (χ0n) is 10.4. The number of rotatable bonds is 5. The van der Waals surface area contributed by atoms with Crippen LogP contribution in [-0.4, -0.2) is 23.6 Å². The van der Waals surface area contributed by atoms with Crippen LogP contribution in [0.15, 0.2) is 29.2 Å². The Balaban J connectivity index is 2.67. The van der Waals surface area contributed by atoms with Crippen LogP contribution in [0.2, 0.25) is 0 Å². The van der Waals surface area contributed by atoms with Gasteiger partial charge in [-0.25, -0.2) is 0 Å². The third-order valence-corrected chi connectivity index (χ3v) is 3.61. The van der Waals surface area contributed by atoms with E-state index in [4.69, 9.17) is 4.74 Å². The summed E-state index contributed by atoms with van der Waals surface area (Å²) in [7, 11) is 0. The number of thioether (sulfide) groups is 1. The van der Waals surface area contributed by atoms with Gasteiger partial charge in [-0.05, 0) is 31.2 Å². The topological polar surface area (TPSA) is 29.5 Å². The van der Waals surface area contributed by atoms with Gasteiger partial charge in [0.1, 0.15) is 12.4 Å². The molecule has 0 fully saturated rings. The first kappa shape index (κ1) is 13.4. The number of hydrogen-bond acceptors (Lipinski definition) is 3. The molecule has 0 aromatic heterocycles. The van der Waals surface area contributed by atoms with Gasteiger partial charge in [0.25, 0.3) is 0 Å². The predicted molar refractivity (Wildman–Crippen MR) is 69.2 cm³/mol. The maximum atomic E-state index is 10.1. The van der Waals surface area contributed by atoms with E-state index >= 15 is 0 Å². The van der Waals surface area contributed by atoms with Gasteiger partial charge in [0.2, 0.25) is 0 Å². The third kappa shape index (κ3) is 3.42. The molecule has 1 unspecified atom stereocenters. The highest BCUT2D eigenvalue weighted by Crippen LogP contribution is 2.28. The molecule has 0 heterocycles. The van der Waals surface area contributed by atoms with E-state index in [-0.39, 0.29) is 5.92 Å². The van der Waals surface area contributed by atoms with E-state index in [0.29, 0.717) is 6.61 Å². The van der Waals surface area contributed by atoms with Crippen molar-refractivity contribution in [3.63, 3.8) is 0 Å². The van der Waals surface area contributed by atoms with Crippen LogP contribution in [0.1, 0.15) is 20.8 Å². The summed E-state index contributed by atoms with van der Waals surface area (Å²) in [6.45, 7) is 6.11. The van der Waals surface area contributed by atoms with E-state index in [9.17, 15) is 5.11 Å². The summed E-state index contributed by atoms with van der Waals surface area (Å²) in [6, 6.07) is 7.88. The molecule has 0 saturated carbocycles. The van der Waals surface area contributed by atoms with Gasteiger partial charge in [-0.2, -0.15) is 0 Å². The van der Waals surface area contributed by atoms with Crippen molar-refractivity contribution in [3.8, 4) is 5.75 Å². The molecule has 0 aliphatic carbocycles. The SMILES string of the molecule is CSc1ccccc1OCC(C)(O)C(C)C. The summed E-state index contributed by atoms with van der Waals surface area (Å²) in [5.41, 5.74) is -0.786. The lowest BCUT2D eigenvalue weighted by atomic mass is 9.94. The second-order valence-electron chi connectivity index (χ2n) is 4.45. The van der Waals surface area contributed by atoms with Gasteiger partial charge >= 0.3 is 0 Å². The molecule has 1 N–H and O–H groups in total. The lowest BCUT2D eigenvalue weighted by Gasteiger charge is -2.27. The zero-order chi connectivity index (χ0) is 12.2. The summed E-state index contributed by atoms with van der Waals surface area (Å²) < 4.78 is 5.68. The van der Waals surface area contributed by atoms with E-state index in [1.165, 1.54) is 0 Å². The van der Waals surface area contributed by atoms with Gasteiger partial charge < -0.3 is 9.84 Å². The second kappa shape index (κ2) is 5.60. The molecule has 1 rings (SSSR count). The fraction of sp³-hybridized carbons (Fsp3) is 0.538. The fourth-order valence-electron chi connectivity index (χ4n) is 1.13. The number of ether oxygens (including phenoxy) is 1. The highest BCUT2D eigenvalue weighted by atomic mass is 32.2. The lowest BCUT2D eigenvalue weighted by molar-refractivity contribution is -0.0273. The quantitative estimate of drug-likeness (QED) is 0.801. The fourth-order valence-corrected chi connectivity index (χ4v) is 1.67. The Hall–Kier alpha value is -0.670. The largest absolute Gasteiger partial charge is 0.489 e. The van der Waals surface area contributed by atoms with E-state index in [0.717, 1.165) is 10.6 Å². The predicted octanol–water partition coefficient (Wildman–Crippen LogP) is 3.19. The van der Waals surface area contributed by atoms with Crippen molar-refractivity contribution in [1.82, 2.24) is 0 Å². The van der Waals surface area contributed by atoms with Crippen molar-refractivity contribution in [2.24, 2.45) is 5.92 Å². The zero-order valence-corrected chi connectivity index (χ0v) is 11.2. The van der Waals surface area contributed by atoms with Crippen molar-refractivity contribution in [1.29, 1.82) is 0 Å². The van der Waals surface area contributed by atoms with Crippen molar-refractivity contribution in [3.05, 3.63) is 24.3 Å². The summed E-state index contributed by atoms with van der Waals surface area (Å²) in [6.07, 6.45) is 2.02. The van der Waals surface area contributed by atoms with Gasteiger partial charge in [-0.1, -0.05) is 26.0 Å². The molecule has 16 heavy (non-hydrogen) atoms. The normalized spacial score (nSPS) is 14.9. The minimum absolute atomic E-state index is 0.175. The first-order chi connectivity index (χ1) is 7.47. The van der Waals surface area contributed by atoms with Crippen LogP contribution in [0.3, 0.4) is 0 Å². The van der Waals surface area contributed by atoms with Gasteiger partial charge in [0, 0.05) is 4.90 Å². The Morgan fingerprint density at radius 1 is 1.38 bits per heavy atom. The van der Waals surface area contributed by atoms with E-state index in [2.05, 4.69) is 0 Å². The summed E-state index contributed by atoms with van der Waals surface area (Å²) in [4.78, 5) is 1.10. The minimum Gasteiger partial charge on any atom is -0.489 e. The summed E-state index contributed by atoms with van der Waals surface area (Å²) >= 11 is 1.65. The van der Waals surface area contributed by atoms with Crippen molar-refractivity contribution in [2.45, 2.75) is 31.3 Å². The monoisotopic (exact) mass is 240 g/mol. The smallest absolute Gasteiger partial charge is 0.132 e. The minimum atomic E-state index is -0.786. The van der Waals surface area contributed by atoms with Gasteiger partial charge in [0.15, 0.2) is 0 Å². The van der Waals surface area contributed by atoms with Crippen molar-refractivity contribution >= 4 is 11.8 Å². The van der Waals surface area contributed by atoms with Crippen LogP contribution in [0, 0.1) is 5.92 Å². The van der Waals surface area contributed by atoms with Crippen LogP contribution in [0.5, 0.6) is 5.75 Å². The van der Waals surface area contributed by atoms with Gasteiger partial charge in [-0.3, -0.25) is 0 Å². The average molecular weight is 240 g/mol. The molecule has 1 aromatic carbocycles. The molecule has 1 aromatic rings. The Bertz CT molecular complexity index is 334. The third-order valence-electron chi connectivity index (χ3n) is 2.83. The van der Waals surface area contributed by atoms with Crippen LogP contribution < -0.4 is 4.74 Å². The molecular formula is C13H20O2S.